The molecular weight excluding hydrogens is 475 g/mol. The van der Waals surface area contributed by atoms with E-state index in [1.165, 1.54) is 28.8 Å². The molecule has 0 spiro atoms. The molecule has 1 aliphatic carbocycles. The summed E-state index contributed by atoms with van der Waals surface area (Å²) in [6, 6.07) is 25.3. The molecule has 2 aliphatic rings. The number of fused-ring (bicyclic) bond motifs is 2. The number of piperidine rings is 1. The third-order valence-corrected chi connectivity index (χ3v) is 8.45. The standard InChI is InChI=1S/C32H27FN4O/c1-20-12-13-34-28(14-20)31(38)36-18-27-30(22-6-4-3-5-7-22)32(27,19-36)26-16-23-17-35-37(29(23)15-21(26)2)25-10-8-24(33)9-11-25/h3-17,27,30H,18-19H2,1-2H3/t27-,30-,32+/m1/s1. The van der Waals surface area contributed by atoms with Gasteiger partial charge in [-0.05, 0) is 90.6 Å². The molecule has 0 radical (unpaired) electrons. The number of carbonyl (C=O) groups is 1. The fourth-order valence-electron chi connectivity index (χ4n) is 6.70. The number of amides is 1. The van der Waals surface area contributed by atoms with Crippen LogP contribution in [0.1, 0.15) is 38.7 Å². The van der Waals surface area contributed by atoms with Gasteiger partial charge in [0.2, 0.25) is 0 Å². The van der Waals surface area contributed by atoms with Gasteiger partial charge in [-0.15, -0.1) is 0 Å². The second-order valence-corrected chi connectivity index (χ2v) is 10.7. The van der Waals surface area contributed by atoms with Gasteiger partial charge >= 0.3 is 0 Å². The summed E-state index contributed by atoms with van der Waals surface area (Å²) in [5, 5.41) is 5.66. The van der Waals surface area contributed by atoms with Crippen LogP contribution in [0.3, 0.4) is 0 Å². The van der Waals surface area contributed by atoms with Crippen LogP contribution in [-0.4, -0.2) is 38.7 Å². The van der Waals surface area contributed by atoms with E-state index in [0.29, 0.717) is 30.6 Å². The Labute approximate surface area is 220 Å². The zero-order chi connectivity index (χ0) is 26.0. The average Bonchev–Trinajstić information content (AvgIpc) is 3.19. The van der Waals surface area contributed by atoms with E-state index in [0.717, 1.165) is 22.2 Å². The highest BCUT2D eigenvalue weighted by molar-refractivity contribution is 5.93. The van der Waals surface area contributed by atoms with Crippen molar-refractivity contribution in [3.8, 4) is 5.69 Å². The molecule has 1 saturated carbocycles. The smallest absolute Gasteiger partial charge is 0.272 e. The Kier molecular flexibility index (Phi) is 5.02. The molecule has 38 heavy (non-hydrogen) atoms. The molecule has 188 valence electrons. The number of halogens is 1. The predicted octanol–water partition coefficient (Wildman–Crippen LogP) is 5.98. The van der Waals surface area contributed by atoms with Gasteiger partial charge in [0.25, 0.3) is 5.91 Å². The summed E-state index contributed by atoms with van der Waals surface area (Å²) >= 11 is 0. The number of hydrogen-bond donors (Lipinski definition) is 0. The minimum absolute atomic E-state index is 0.00468. The summed E-state index contributed by atoms with van der Waals surface area (Å²) in [5.74, 6) is 0.411. The third-order valence-electron chi connectivity index (χ3n) is 8.45. The van der Waals surface area contributed by atoms with Crippen molar-refractivity contribution >= 4 is 16.8 Å². The monoisotopic (exact) mass is 502 g/mol. The number of likely N-dealkylation sites (tertiary alicyclic amines) is 1. The summed E-state index contributed by atoms with van der Waals surface area (Å²) in [5.41, 5.74) is 6.95. The third kappa shape index (κ3) is 3.40. The van der Waals surface area contributed by atoms with Crippen molar-refractivity contribution in [2.75, 3.05) is 13.1 Å². The van der Waals surface area contributed by atoms with Crippen LogP contribution >= 0.6 is 0 Å². The molecule has 0 N–H and O–H groups in total. The lowest BCUT2D eigenvalue weighted by Crippen LogP contribution is -2.35. The molecule has 3 atom stereocenters. The number of nitrogens with zero attached hydrogens (tertiary/aromatic N) is 4. The fraction of sp³-hybridized carbons (Fsp3) is 0.219. The summed E-state index contributed by atoms with van der Waals surface area (Å²) in [6.45, 7) is 5.50. The number of rotatable bonds is 4. The Balaban J connectivity index is 1.30. The maximum absolute atomic E-state index is 13.5. The Morgan fingerprint density at radius 2 is 1.79 bits per heavy atom. The quantitative estimate of drug-likeness (QED) is 0.304. The molecule has 2 aromatic heterocycles. The molecule has 3 aromatic carbocycles. The van der Waals surface area contributed by atoms with Crippen molar-refractivity contribution in [2.24, 2.45) is 5.92 Å². The second kappa shape index (κ2) is 8.35. The van der Waals surface area contributed by atoms with E-state index in [9.17, 15) is 9.18 Å². The SMILES string of the molecule is Cc1ccnc(C(=O)N2C[C@@H]3[C@@H](c4ccccc4)[C@]3(c3cc4cnn(-c5ccc(F)cc5)c4cc3C)C2)c1. The van der Waals surface area contributed by atoms with Crippen LogP contribution < -0.4 is 0 Å². The van der Waals surface area contributed by atoms with Gasteiger partial charge in [0.15, 0.2) is 0 Å². The van der Waals surface area contributed by atoms with Gasteiger partial charge in [-0.3, -0.25) is 9.78 Å². The zero-order valence-electron chi connectivity index (χ0n) is 21.3. The highest BCUT2D eigenvalue weighted by Crippen LogP contribution is 2.69. The topological polar surface area (TPSA) is 51.0 Å². The zero-order valence-corrected chi connectivity index (χ0v) is 21.3. The minimum Gasteiger partial charge on any atom is -0.336 e. The first-order valence-corrected chi connectivity index (χ1v) is 13.0. The van der Waals surface area contributed by atoms with E-state index in [1.54, 1.807) is 18.3 Å². The number of hydrogen-bond acceptors (Lipinski definition) is 3. The van der Waals surface area contributed by atoms with Crippen LogP contribution in [0, 0.1) is 25.6 Å². The van der Waals surface area contributed by atoms with Gasteiger partial charge in [0, 0.05) is 36.0 Å². The van der Waals surface area contributed by atoms with E-state index in [-0.39, 0.29) is 17.1 Å². The number of pyridine rings is 1. The van der Waals surface area contributed by atoms with Crippen LogP contribution in [-0.2, 0) is 5.41 Å². The highest BCUT2D eigenvalue weighted by Gasteiger charge is 2.71. The van der Waals surface area contributed by atoms with Crippen molar-refractivity contribution in [1.29, 1.82) is 0 Å². The molecule has 1 amide bonds. The first-order chi connectivity index (χ1) is 18.5. The molecule has 1 aliphatic heterocycles. The Bertz CT molecular complexity index is 1690. The van der Waals surface area contributed by atoms with Gasteiger partial charge < -0.3 is 4.90 Å². The molecular formula is C32H27FN4O. The van der Waals surface area contributed by atoms with E-state index in [2.05, 4.69) is 59.5 Å². The largest absolute Gasteiger partial charge is 0.336 e. The van der Waals surface area contributed by atoms with Gasteiger partial charge in [0.05, 0.1) is 17.4 Å². The first kappa shape index (κ1) is 22.8. The highest BCUT2D eigenvalue weighted by atomic mass is 19.1. The molecule has 2 fully saturated rings. The number of carbonyl (C=O) groups excluding carboxylic acids is 1. The molecule has 0 unspecified atom stereocenters. The maximum atomic E-state index is 13.5. The van der Waals surface area contributed by atoms with Gasteiger partial charge in [-0.2, -0.15) is 5.10 Å². The first-order valence-electron chi connectivity index (χ1n) is 13.0. The van der Waals surface area contributed by atoms with E-state index in [4.69, 9.17) is 0 Å². The molecule has 5 aromatic rings. The Morgan fingerprint density at radius 1 is 1.00 bits per heavy atom. The van der Waals surface area contributed by atoms with E-state index in [1.807, 2.05) is 34.8 Å². The van der Waals surface area contributed by atoms with Crippen molar-refractivity contribution in [2.45, 2.75) is 25.2 Å². The number of benzene rings is 3. The molecule has 3 heterocycles. The van der Waals surface area contributed by atoms with Gasteiger partial charge in [-0.25, -0.2) is 9.07 Å². The summed E-state index contributed by atoms with van der Waals surface area (Å²) in [4.78, 5) is 19.8. The number of aryl methyl sites for hydroxylation is 2. The average molecular weight is 503 g/mol. The van der Waals surface area contributed by atoms with Gasteiger partial charge in [0.1, 0.15) is 11.5 Å². The normalized spacial score (nSPS) is 22.0. The molecule has 5 nitrogen and oxygen atoms in total. The van der Waals surface area contributed by atoms with Crippen LogP contribution in [0.25, 0.3) is 16.6 Å². The molecule has 1 saturated heterocycles. The minimum atomic E-state index is -0.268. The maximum Gasteiger partial charge on any atom is 0.272 e. The second-order valence-electron chi connectivity index (χ2n) is 10.7. The van der Waals surface area contributed by atoms with Crippen molar-refractivity contribution in [1.82, 2.24) is 19.7 Å². The van der Waals surface area contributed by atoms with Crippen LogP contribution in [0.2, 0.25) is 0 Å². The van der Waals surface area contributed by atoms with Crippen LogP contribution in [0.5, 0.6) is 0 Å². The molecule has 6 heteroatoms. The van der Waals surface area contributed by atoms with Crippen LogP contribution in [0.15, 0.2) is 91.3 Å². The summed E-state index contributed by atoms with van der Waals surface area (Å²) < 4.78 is 15.4. The summed E-state index contributed by atoms with van der Waals surface area (Å²) in [7, 11) is 0. The molecule has 0 bridgehead atoms. The van der Waals surface area contributed by atoms with Crippen LogP contribution in [0.4, 0.5) is 4.39 Å². The lowest BCUT2D eigenvalue weighted by molar-refractivity contribution is 0.0763. The Morgan fingerprint density at radius 3 is 2.55 bits per heavy atom. The van der Waals surface area contributed by atoms with Crippen molar-refractivity contribution in [3.05, 3.63) is 125 Å². The van der Waals surface area contributed by atoms with Crippen molar-refractivity contribution in [3.63, 3.8) is 0 Å². The Hall–Kier alpha value is -4.32. The van der Waals surface area contributed by atoms with E-state index < -0.39 is 0 Å². The van der Waals surface area contributed by atoms with Crippen molar-refractivity contribution < 1.29 is 9.18 Å². The van der Waals surface area contributed by atoms with Gasteiger partial charge in [-0.1, -0.05) is 30.3 Å². The van der Waals surface area contributed by atoms with E-state index >= 15 is 0 Å². The number of aromatic nitrogens is 3. The lowest BCUT2D eigenvalue weighted by atomic mass is 9.86. The fourth-order valence-corrected chi connectivity index (χ4v) is 6.70. The predicted molar refractivity (Wildman–Crippen MR) is 145 cm³/mol. The summed E-state index contributed by atoms with van der Waals surface area (Å²) in [6.07, 6.45) is 3.58. The lowest BCUT2D eigenvalue weighted by Gasteiger charge is -2.25. The molecule has 7 rings (SSSR count).